The van der Waals surface area contributed by atoms with E-state index in [1.165, 1.54) is 12.0 Å². The van der Waals surface area contributed by atoms with E-state index in [9.17, 15) is 29.7 Å². The van der Waals surface area contributed by atoms with Gasteiger partial charge < -0.3 is 29.5 Å². The molecule has 0 saturated carbocycles. The lowest BCUT2D eigenvalue weighted by atomic mass is 10.1. The van der Waals surface area contributed by atoms with Gasteiger partial charge in [0.25, 0.3) is 10.5 Å². The molecule has 2 heterocycles. The van der Waals surface area contributed by atoms with Gasteiger partial charge in [-0.1, -0.05) is 83.7 Å². The Balaban J connectivity index is 1.05. The number of imide groups is 1. The number of aliphatic hydroxyl groups is 3. The summed E-state index contributed by atoms with van der Waals surface area (Å²) in [6.45, 7) is -0.0797. The van der Waals surface area contributed by atoms with Crippen LogP contribution in [-0.4, -0.2) is 68.8 Å². The maximum Gasteiger partial charge on any atom is 0.288 e. The zero-order valence-corrected chi connectivity index (χ0v) is 29.7. The second-order valence-corrected chi connectivity index (χ2v) is 14.7. The highest BCUT2D eigenvalue weighted by Gasteiger charge is 2.42. The molecule has 3 unspecified atom stereocenters. The molecule has 14 heteroatoms. The lowest BCUT2D eigenvalue weighted by molar-refractivity contribution is -0.118. The van der Waals surface area contributed by atoms with E-state index in [-0.39, 0.29) is 35.3 Å². The van der Waals surface area contributed by atoms with Gasteiger partial charge in [-0.05, 0) is 72.0 Å². The molecule has 0 bridgehead atoms. The molecule has 4 N–H and O–H groups in total. The van der Waals surface area contributed by atoms with E-state index in [1.54, 1.807) is 78.9 Å². The van der Waals surface area contributed by atoms with Crippen LogP contribution in [-0.2, 0) is 17.6 Å². The summed E-state index contributed by atoms with van der Waals surface area (Å²) in [5.41, 5.74) is 3.09. The number of aliphatic hydroxyl groups excluding tert-OH is 3. The first-order valence-electron chi connectivity index (χ1n) is 16.0. The van der Waals surface area contributed by atoms with Crippen molar-refractivity contribution in [3.05, 3.63) is 118 Å². The Bertz CT molecular complexity index is 1880. The summed E-state index contributed by atoms with van der Waals surface area (Å²) in [6, 6.07) is 26.2. The number of hydrogen-bond acceptors (Lipinski definition) is 11. The van der Waals surface area contributed by atoms with Crippen molar-refractivity contribution in [2.75, 3.05) is 25.2 Å². The maximum absolute atomic E-state index is 13.3. The summed E-state index contributed by atoms with van der Waals surface area (Å²) >= 11 is 8.01. The minimum absolute atomic E-state index is 0.0437. The molecule has 0 spiro atoms. The number of amides is 3. The third-order valence-electron chi connectivity index (χ3n) is 8.41. The molecule has 4 aromatic carbocycles. The molecule has 11 nitrogen and oxygen atoms in total. The molecule has 0 aliphatic carbocycles. The first-order chi connectivity index (χ1) is 24.6. The Hall–Kier alpha value is -4.24. The van der Waals surface area contributed by atoms with Gasteiger partial charge in [0.1, 0.15) is 48.9 Å². The highest BCUT2D eigenvalue weighted by molar-refractivity contribution is 8.15. The van der Waals surface area contributed by atoms with Crippen molar-refractivity contribution in [1.29, 1.82) is 0 Å². The summed E-state index contributed by atoms with van der Waals surface area (Å²) in [5.74, 6) is 0.987. The van der Waals surface area contributed by atoms with E-state index in [1.807, 2.05) is 12.1 Å². The Labute approximate surface area is 307 Å². The van der Waals surface area contributed by atoms with Crippen molar-refractivity contribution in [3.8, 4) is 17.2 Å². The molecule has 2 aliphatic rings. The number of ether oxygens (including phenoxy) is 3. The van der Waals surface area contributed by atoms with Gasteiger partial charge >= 0.3 is 0 Å². The molecule has 4 aromatic rings. The van der Waals surface area contributed by atoms with E-state index in [4.69, 9.17) is 25.8 Å². The number of halogens is 1. The van der Waals surface area contributed by atoms with Crippen LogP contribution in [0.25, 0.3) is 0 Å². The third-order valence-corrected chi connectivity index (χ3v) is 10.7. The largest absolute Gasteiger partial charge is 0.494 e. The quantitative estimate of drug-likeness (QED) is 0.119. The highest BCUT2D eigenvalue weighted by Crippen LogP contribution is 2.43. The van der Waals surface area contributed by atoms with Gasteiger partial charge in [-0.15, -0.1) is 0 Å². The molecule has 2 fully saturated rings. The van der Waals surface area contributed by atoms with Crippen molar-refractivity contribution < 1.29 is 43.9 Å². The molecule has 0 radical (unpaired) electrons. The van der Waals surface area contributed by atoms with Gasteiger partial charge in [0.2, 0.25) is 5.91 Å². The predicted molar refractivity (Wildman–Crippen MR) is 196 cm³/mol. The number of nitrogens with zero attached hydrogens (tertiary/aromatic N) is 1. The summed E-state index contributed by atoms with van der Waals surface area (Å²) in [6.07, 6.45) is -2.36. The molecule has 3 amide bonds. The van der Waals surface area contributed by atoms with E-state index in [0.717, 1.165) is 34.7 Å². The molecule has 51 heavy (non-hydrogen) atoms. The van der Waals surface area contributed by atoms with Crippen LogP contribution in [0.3, 0.4) is 0 Å². The van der Waals surface area contributed by atoms with Crippen LogP contribution in [0.4, 0.5) is 15.3 Å². The number of anilines is 1. The SMILES string of the molecule is COc1c([C@@H](O)COc2ccc(CC3SC(=O)NC3=O)cc2)cccc1N1C(=O)SC(Cc2ccc(OC[C@H](O)c3cccc(Cl)c3)cc2)C1O. The van der Waals surface area contributed by atoms with Crippen molar-refractivity contribution in [2.24, 2.45) is 0 Å². The molecule has 5 atom stereocenters. The lowest BCUT2D eigenvalue weighted by Gasteiger charge is -2.26. The monoisotopic (exact) mass is 750 g/mol. The number of methoxy groups -OCH3 is 1. The number of nitrogens with one attached hydrogen (secondary N) is 1. The van der Waals surface area contributed by atoms with Crippen LogP contribution < -0.4 is 24.4 Å². The van der Waals surface area contributed by atoms with E-state index in [2.05, 4.69) is 5.32 Å². The number of thioether (sulfide) groups is 2. The first kappa shape index (κ1) is 36.5. The zero-order chi connectivity index (χ0) is 36.1. The molecule has 266 valence electrons. The van der Waals surface area contributed by atoms with Crippen LogP contribution in [0, 0.1) is 0 Å². The fraction of sp³-hybridized carbons (Fsp3) is 0.270. The number of hydrogen-bond donors (Lipinski definition) is 4. The Morgan fingerprint density at radius 2 is 1.45 bits per heavy atom. The lowest BCUT2D eigenvalue weighted by Crippen LogP contribution is -2.37. The average molecular weight is 751 g/mol. The van der Waals surface area contributed by atoms with Crippen molar-refractivity contribution in [2.45, 2.75) is 41.8 Å². The van der Waals surface area contributed by atoms with Crippen molar-refractivity contribution in [1.82, 2.24) is 5.32 Å². The third kappa shape index (κ3) is 8.80. The van der Waals surface area contributed by atoms with E-state index in [0.29, 0.717) is 46.2 Å². The van der Waals surface area contributed by atoms with Gasteiger partial charge in [0.15, 0.2) is 0 Å². The molecule has 2 saturated heterocycles. The van der Waals surface area contributed by atoms with Crippen LogP contribution in [0.15, 0.2) is 91.0 Å². The van der Waals surface area contributed by atoms with Gasteiger partial charge in [-0.25, -0.2) is 0 Å². The fourth-order valence-corrected chi connectivity index (χ4v) is 7.95. The fourth-order valence-electron chi connectivity index (χ4n) is 5.79. The zero-order valence-electron chi connectivity index (χ0n) is 27.3. The van der Waals surface area contributed by atoms with Crippen molar-refractivity contribution in [3.63, 3.8) is 0 Å². The average Bonchev–Trinajstić information content (AvgIpc) is 3.60. The van der Waals surface area contributed by atoms with Gasteiger partial charge in [-0.2, -0.15) is 0 Å². The van der Waals surface area contributed by atoms with Crippen LogP contribution in [0.5, 0.6) is 17.2 Å². The molecule has 6 rings (SSSR count). The smallest absolute Gasteiger partial charge is 0.288 e. The van der Waals surface area contributed by atoms with Gasteiger partial charge in [0, 0.05) is 10.6 Å². The number of para-hydroxylation sites is 1. The predicted octanol–water partition coefficient (Wildman–Crippen LogP) is 6.07. The Morgan fingerprint density at radius 1 is 0.824 bits per heavy atom. The van der Waals surface area contributed by atoms with E-state index < -0.39 is 28.9 Å². The summed E-state index contributed by atoms with van der Waals surface area (Å²) in [7, 11) is 1.43. The number of carbonyl (C=O) groups is 3. The second-order valence-electron chi connectivity index (χ2n) is 11.9. The summed E-state index contributed by atoms with van der Waals surface area (Å²) in [5, 5.41) is 34.0. The molecular formula is C37H35ClN2O9S2. The Morgan fingerprint density at radius 3 is 2.06 bits per heavy atom. The van der Waals surface area contributed by atoms with Crippen molar-refractivity contribution >= 4 is 57.2 Å². The Kier molecular flexibility index (Phi) is 11.8. The van der Waals surface area contributed by atoms with Crippen LogP contribution in [0.1, 0.15) is 34.5 Å². The molecular weight excluding hydrogens is 716 g/mol. The van der Waals surface area contributed by atoms with E-state index >= 15 is 0 Å². The first-order valence-corrected chi connectivity index (χ1v) is 18.1. The topological polar surface area (TPSA) is 155 Å². The number of rotatable bonds is 14. The maximum atomic E-state index is 13.3. The molecule has 2 aliphatic heterocycles. The molecule has 0 aromatic heterocycles. The number of benzene rings is 4. The van der Waals surface area contributed by atoms with Crippen LogP contribution >= 0.6 is 35.1 Å². The van der Waals surface area contributed by atoms with Gasteiger partial charge in [-0.3, -0.25) is 24.6 Å². The van der Waals surface area contributed by atoms with Gasteiger partial charge in [0.05, 0.1) is 23.3 Å². The summed E-state index contributed by atoms with van der Waals surface area (Å²) in [4.78, 5) is 37.8. The standard InChI is InChI=1S/C37H35ClN2O9S2/c1-47-33-27(30(42)20-49-26-12-8-21(9-13-26)16-31-34(43)39-36(45)50-31)6-3-7-28(33)40-35(44)32(51-37(40)46)17-22-10-14-25(15-11-22)48-19-29(41)23-4-2-5-24(38)18-23/h2-15,18,29-32,35,41-42,44H,16-17,19-20H2,1H3,(H,39,43,45)/t29-,30-,31?,32?,35?/m0/s1. The second kappa shape index (κ2) is 16.4. The minimum atomic E-state index is -1.17. The van der Waals surface area contributed by atoms with Crippen LogP contribution in [0.2, 0.25) is 5.02 Å². The number of carbonyl (C=O) groups excluding carboxylic acids is 3. The summed E-state index contributed by atoms with van der Waals surface area (Å²) < 4.78 is 17.3. The highest BCUT2D eigenvalue weighted by atomic mass is 35.5. The normalized spacial score (nSPS) is 19.9. The minimum Gasteiger partial charge on any atom is -0.494 e.